The van der Waals surface area contributed by atoms with Crippen molar-refractivity contribution in [1.29, 1.82) is 0 Å². The van der Waals surface area contributed by atoms with Crippen LogP contribution in [0.2, 0.25) is 0 Å². The molecule has 68 valence electrons. The van der Waals surface area contributed by atoms with Gasteiger partial charge in [0, 0.05) is 0 Å². The van der Waals surface area contributed by atoms with Crippen molar-refractivity contribution in [3.63, 3.8) is 0 Å². The van der Waals surface area contributed by atoms with Gasteiger partial charge in [0.15, 0.2) is 0 Å². The van der Waals surface area contributed by atoms with Crippen LogP contribution in [-0.4, -0.2) is 28.2 Å². The fourth-order valence-corrected chi connectivity index (χ4v) is 1.54. The van der Waals surface area contributed by atoms with Gasteiger partial charge < -0.3 is 5.11 Å². The minimum Gasteiger partial charge on any atom is -0.481 e. The Balaban J connectivity index is 2.72. The Morgan fingerprint density at radius 1 is 1.67 bits per heavy atom. The number of aliphatic carboxylic acids is 1. The summed E-state index contributed by atoms with van der Waals surface area (Å²) < 4.78 is 0. The smallest absolute Gasteiger partial charge is 0.308 e. The standard InChI is InChI=1S/C7H12N2O3/c1-7(2)3-5(6(10)11)4-9(7)8-12/h5H,3-4H2,1-2H3,(H,10,11). The summed E-state index contributed by atoms with van der Waals surface area (Å²) in [5, 5.41) is 12.8. The van der Waals surface area contributed by atoms with E-state index in [4.69, 9.17) is 5.11 Å². The van der Waals surface area contributed by atoms with Gasteiger partial charge in [-0.05, 0) is 20.3 Å². The average molecular weight is 172 g/mol. The highest BCUT2D eigenvalue weighted by atomic mass is 16.4. The Morgan fingerprint density at radius 2 is 2.25 bits per heavy atom. The number of hydrogen-bond acceptors (Lipinski definition) is 3. The highest BCUT2D eigenvalue weighted by Gasteiger charge is 2.42. The maximum Gasteiger partial charge on any atom is 0.308 e. The van der Waals surface area contributed by atoms with Gasteiger partial charge in [0.1, 0.15) is 0 Å². The molecule has 1 heterocycles. The molecule has 12 heavy (non-hydrogen) atoms. The van der Waals surface area contributed by atoms with E-state index in [-0.39, 0.29) is 6.54 Å². The lowest BCUT2D eigenvalue weighted by Gasteiger charge is -2.24. The highest BCUT2D eigenvalue weighted by Crippen LogP contribution is 2.32. The quantitative estimate of drug-likeness (QED) is 0.627. The van der Waals surface area contributed by atoms with Crippen LogP contribution in [0.1, 0.15) is 20.3 Å². The highest BCUT2D eigenvalue weighted by molar-refractivity contribution is 5.70. The second-order valence-corrected chi connectivity index (χ2v) is 3.72. The van der Waals surface area contributed by atoms with Gasteiger partial charge in [-0.3, -0.25) is 9.80 Å². The molecule has 1 unspecified atom stereocenters. The molecule has 1 atom stereocenters. The number of nitrogens with zero attached hydrogens (tertiary/aromatic N) is 2. The minimum atomic E-state index is -0.853. The number of carbonyl (C=O) groups is 1. The molecule has 0 aliphatic carbocycles. The molecule has 0 aromatic heterocycles. The van der Waals surface area contributed by atoms with E-state index in [1.807, 2.05) is 13.8 Å². The van der Waals surface area contributed by atoms with Gasteiger partial charge in [-0.25, -0.2) is 0 Å². The van der Waals surface area contributed by atoms with Gasteiger partial charge in [0.2, 0.25) is 0 Å². The maximum absolute atomic E-state index is 10.6. The summed E-state index contributed by atoms with van der Waals surface area (Å²) in [5.41, 5.74) is -0.412. The number of nitroso groups, excluding NO2 is 1. The van der Waals surface area contributed by atoms with Crippen molar-refractivity contribution in [3.8, 4) is 0 Å². The van der Waals surface area contributed by atoms with Gasteiger partial charge >= 0.3 is 5.97 Å². The molecule has 0 spiro atoms. The molecule has 5 heteroatoms. The van der Waals surface area contributed by atoms with Gasteiger partial charge in [-0.1, -0.05) is 0 Å². The summed E-state index contributed by atoms with van der Waals surface area (Å²) in [5.74, 6) is -1.31. The Kier molecular flexibility index (Phi) is 2.04. The first-order valence-corrected chi connectivity index (χ1v) is 3.81. The van der Waals surface area contributed by atoms with E-state index in [0.29, 0.717) is 6.42 Å². The Hall–Kier alpha value is -1.13. The van der Waals surface area contributed by atoms with Crippen molar-refractivity contribution < 1.29 is 9.90 Å². The first-order valence-electron chi connectivity index (χ1n) is 3.81. The molecule has 5 nitrogen and oxygen atoms in total. The van der Waals surface area contributed by atoms with Crippen LogP contribution >= 0.6 is 0 Å². The number of carboxylic acid groups (broad SMARTS) is 1. The molecule has 0 aromatic rings. The topological polar surface area (TPSA) is 70.0 Å². The van der Waals surface area contributed by atoms with E-state index in [1.165, 1.54) is 5.01 Å². The van der Waals surface area contributed by atoms with E-state index >= 15 is 0 Å². The summed E-state index contributed by atoms with van der Waals surface area (Å²) in [4.78, 5) is 20.9. The largest absolute Gasteiger partial charge is 0.481 e. The molecule has 1 aliphatic heterocycles. The van der Waals surface area contributed by atoms with Crippen LogP contribution in [0, 0.1) is 10.8 Å². The fraction of sp³-hybridized carbons (Fsp3) is 0.857. The third kappa shape index (κ3) is 1.39. The van der Waals surface area contributed by atoms with Crippen LogP contribution < -0.4 is 0 Å². The van der Waals surface area contributed by atoms with E-state index < -0.39 is 17.4 Å². The number of carboxylic acids is 1. The summed E-state index contributed by atoms with van der Waals surface area (Å²) in [6.07, 6.45) is 0.480. The molecule has 0 aromatic carbocycles. The van der Waals surface area contributed by atoms with Crippen molar-refractivity contribution in [2.24, 2.45) is 11.2 Å². The Morgan fingerprint density at radius 3 is 2.50 bits per heavy atom. The molecule has 1 rings (SSSR count). The zero-order valence-corrected chi connectivity index (χ0v) is 7.15. The van der Waals surface area contributed by atoms with Crippen LogP contribution in [0.5, 0.6) is 0 Å². The minimum absolute atomic E-state index is 0.228. The fourth-order valence-electron chi connectivity index (χ4n) is 1.54. The molecule has 1 saturated heterocycles. The lowest BCUT2D eigenvalue weighted by Crippen LogP contribution is -2.33. The molecular formula is C7H12N2O3. The summed E-state index contributed by atoms with van der Waals surface area (Å²) >= 11 is 0. The van der Waals surface area contributed by atoms with Crippen molar-refractivity contribution in [2.75, 3.05) is 6.54 Å². The van der Waals surface area contributed by atoms with Crippen LogP contribution in [-0.2, 0) is 4.79 Å². The monoisotopic (exact) mass is 172 g/mol. The van der Waals surface area contributed by atoms with Gasteiger partial charge in [0.25, 0.3) is 0 Å². The zero-order chi connectivity index (χ0) is 9.35. The third-order valence-corrected chi connectivity index (χ3v) is 2.29. The molecule has 0 amide bonds. The predicted octanol–water partition coefficient (Wildman–Crippen LogP) is 0.853. The SMILES string of the molecule is CC1(C)CC(C(=O)O)CN1N=O. The molecule has 0 radical (unpaired) electrons. The lowest BCUT2D eigenvalue weighted by atomic mass is 9.97. The van der Waals surface area contributed by atoms with Gasteiger partial charge in [-0.15, -0.1) is 4.91 Å². The normalized spacial score (nSPS) is 27.2. The third-order valence-electron chi connectivity index (χ3n) is 2.29. The Bertz CT molecular complexity index is 215. The molecule has 1 fully saturated rings. The van der Waals surface area contributed by atoms with Gasteiger partial charge in [-0.2, -0.15) is 0 Å². The lowest BCUT2D eigenvalue weighted by molar-refractivity contribution is -0.141. The van der Waals surface area contributed by atoms with Crippen molar-refractivity contribution in [1.82, 2.24) is 5.01 Å². The van der Waals surface area contributed by atoms with E-state index in [1.54, 1.807) is 0 Å². The van der Waals surface area contributed by atoms with Crippen molar-refractivity contribution in [3.05, 3.63) is 4.91 Å². The first kappa shape index (κ1) is 8.96. The molecule has 1 N–H and O–H groups in total. The molecule has 0 bridgehead atoms. The summed E-state index contributed by atoms with van der Waals surface area (Å²) in [7, 11) is 0. The molecule has 1 aliphatic rings. The van der Waals surface area contributed by atoms with Crippen molar-refractivity contribution in [2.45, 2.75) is 25.8 Å². The Labute approximate surface area is 70.3 Å². The average Bonchev–Trinajstić information content (AvgIpc) is 2.25. The predicted molar refractivity (Wildman–Crippen MR) is 42.3 cm³/mol. The first-order chi connectivity index (χ1) is 5.47. The van der Waals surface area contributed by atoms with E-state index in [0.717, 1.165) is 0 Å². The second kappa shape index (κ2) is 2.73. The zero-order valence-electron chi connectivity index (χ0n) is 7.15. The van der Waals surface area contributed by atoms with Gasteiger partial charge in [0.05, 0.1) is 23.3 Å². The van der Waals surface area contributed by atoms with Crippen LogP contribution in [0.4, 0.5) is 0 Å². The number of rotatable bonds is 2. The summed E-state index contributed by atoms with van der Waals surface area (Å²) in [6.45, 7) is 3.86. The van der Waals surface area contributed by atoms with E-state index in [9.17, 15) is 9.70 Å². The van der Waals surface area contributed by atoms with E-state index in [2.05, 4.69) is 5.29 Å². The number of hydrogen-bond donors (Lipinski definition) is 1. The maximum atomic E-state index is 10.6. The molecular weight excluding hydrogens is 160 g/mol. The van der Waals surface area contributed by atoms with Crippen LogP contribution in [0.15, 0.2) is 5.29 Å². The second-order valence-electron chi connectivity index (χ2n) is 3.72. The van der Waals surface area contributed by atoms with Crippen molar-refractivity contribution >= 4 is 5.97 Å². The summed E-state index contributed by atoms with van der Waals surface area (Å²) in [6, 6.07) is 0. The van der Waals surface area contributed by atoms with Crippen LogP contribution in [0.25, 0.3) is 0 Å². The molecule has 0 saturated carbocycles. The van der Waals surface area contributed by atoms with Crippen LogP contribution in [0.3, 0.4) is 0 Å².